The third-order valence-electron chi connectivity index (χ3n) is 3.91. The van der Waals surface area contributed by atoms with E-state index in [4.69, 9.17) is 22.1 Å². The summed E-state index contributed by atoms with van der Waals surface area (Å²) in [4.78, 5) is 6.57. The molecular formula is C20H20ClN3O. The summed E-state index contributed by atoms with van der Waals surface area (Å²) < 4.78 is 5.38. The largest absolute Gasteiger partial charge is 0.405 e. The molecule has 128 valence electrons. The molecule has 0 aliphatic carbocycles. The summed E-state index contributed by atoms with van der Waals surface area (Å²) in [5, 5.41) is 0.456. The number of aromatic nitrogens is 1. The number of morpholine rings is 1. The first kappa shape index (κ1) is 17.3. The number of anilines is 1. The Balaban J connectivity index is 1.76. The van der Waals surface area contributed by atoms with Gasteiger partial charge in [-0.1, -0.05) is 41.7 Å². The fraction of sp³-hybridized carbons (Fsp3) is 0.250. The third kappa shape index (κ3) is 4.99. The number of halogens is 1. The van der Waals surface area contributed by atoms with Crippen LogP contribution in [0.1, 0.15) is 16.7 Å². The molecule has 0 bridgehead atoms. The van der Waals surface area contributed by atoms with E-state index in [0.29, 0.717) is 18.4 Å². The first-order valence-corrected chi connectivity index (χ1v) is 8.60. The fourth-order valence-corrected chi connectivity index (χ4v) is 2.79. The predicted molar refractivity (Wildman–Crippen MR) is 102 cm³/mol. The number of nitrogens with two attached hydrogens (primary N) is 1. The maximum atomic E-state index is 6.17. The van der Waals surface area contributed by atoms with Gasteiger partial charge in [0.25, 0.3) is 0 Å². The van der Waals surface area contributed by atoms with E-state index in [9.17, 15) is 0 Å². The van der Waals surface area contributed by atoms with E-state index in [1.807, 2.05) is 24.3 Å². The monoisotopic (exact) mass is 353 g/mol. The van der Waals surface area contributed by atoms with Gasteiger partial charge in [-0.2, -0.15) is 0 Å². The Morgan fingerprint density at radius 1 is 1.12 bits per heavy atom. The zero-order valence-electron chi connectivity index (χ0n) is 13.9. The van der Waals surface area contributed by atoms with Crippen molar-refractivity contribution in [3.8, 4) is 11.8 Å². The van der Waals surface area contributed by atoms with Gasteiger partial charge in [0.1, 0.15) is 11.0 Å². The highest BCUT2D eigenvalue weighted by molar-refractivity contribution is 6.29. The van der Waals surface area contributed by atoms with Crippen LogP contribution in [0.5, 0.6) is 0 Å². The Bertz CT molecular complexity index is 800. The minimum Gasteiger partial charge on any atom is -0.405 e. The SMILES string of the molecule is NC=CCc1ccc(C#Cc2cc(Cl)nc(N3CCOCC3)c2)cc1. The van der Waals surface area contributed by atoms with Crippen molar-refractivity contribution in [1.82, 2.24) is 4.98 Å². The van der Waals surface area contributed by atoms with E-state index >= 15 is 0 Å². The molecule has 4 nitrogen and oxygen atoms in total. The number of rotatable bonds is 3. The maximum absolute atomic E-state index is 6.17. The highest BCUT2D eigenvalue weighted by Crippen LogP contribution is 2.19. The molecule has 1 fully saturated rings. The Labute approximate surface area is 153 Å². The van der Waals surface area contributed by atoms with Gasteiger partial charge in [-0.05, 0) is 42.4 Å². The van der Waals surface area contributed by atoms with Crippen molar-refractivity contribution in [1.29, 1.82) is 0 Å². The minimum absolute atomic E-state index is 0.456. The fourth-order valence-electron chi connectivity index (χ4n) is 2.58. The Morgan fingerprint density at radius 2 is 1.84 bits per heavy atom. The normalized spacial score (nSPS) is 14.4. The zero-order chi connectivity index (χ0) is 17.5. The van der Waals surface area contributed by atoms with Gasteiger partial charge in [0, 0.05) is 24.2 Å². The summed E-state index contributed by atoms with van der Waals surface area (Å²) in [5.41, 5.74) is 8.39. The van der Waals surface area contributed by atoms with Crippen LogP contribution in [-0.4, -0.2) is 31.3 Å². The summed E-state index contributed by atoms with van der Waals surface area (Å²) in [6.07, 6.45) is 4.31. The van der Waals surface area contributed by atoms with E-state index in [1.54, 1.807) is 12.3 Å². The average molecular weight is 354 g/mol. The smallest absolute Gasteiger partial charge is 0.132 e. The van der Waals surface area contributed by atoms with Crippen LogP contribution in [0, 0.1) is 11.8 Å². The first-order chi connectivity index (χ1) is 12.2. The molecule has 0 radical (unpaired) electrons. The highest BCUT2D eigenvalue weighted by Gasteiger charge is 2.13. The number of hydrogen-bond acceptors (Lipinski definition) is 4. The number of allylic oxidation sites excluding steroid dienone is 1. The molecule has 0 atom stereocenters. The molecule has 5 heteroatoms. The van der Waals surface area contributed by atoms with Crippen molar-refractivity contribution >= 4 is 17.4 Å². The molecule has 1 aromatic carbocycles. The molecule has 1 aliphatic rings. The van der Waals surface area contributed by atoms with E-state index in [2.05, 4.69) is 33.9 Å². The van der Waals surface area contributed by atoms with Crippen LogP contribution >= 0.6 is 11.6 Å². The van der Waals surface area contributed by atoms with Gasteiger partial charge in [0.05, 0.1) is 13.2 Å². The standard InChI is InChI=1S/C20H20ClN3O/c21-19-14-18(15-20(23-19)24-10-12-25-13-11-24)8-7-17-5-3-16(4-6-17)2-1-9-22/h1,3-6,9,14-15H,2,10-13,22H2. The molecule has 2 aromatic rings. The number of ether oxygens (including phenoxy) is 1. The van der Waals surface area contributed by atoms with Crippen molar-refractivity contribution in [2.24, 2.45) is 5.73 Å². The lowest BCUT2D eigenvalue weighted by atomic mass is 10.1. The molecule has 1 saturated heterocycles. The Kier molecular flexibility index (Phi) is 5.95. The van der Waals surface area contributed by atoms with Crippen molar-refractivity contribution in [2.45, 2.75) is 6.42 Å². The summed E-state index contributed by atoms with van der Waals surface area (Å²) in [6, 6.07) is 11.9. The lowest BCUT2D eigenvalue weighted by Gasteiger charge is -2.27. The van der Waals surface area contributed by atoms with Crippen LogP contribution in [0.2, 0.25) is 5.15 Å². The van der Waals surface area contributed by atoms with Crippen LogP contribution in [0.25, 0.3) is 0 Å². The zero-order valence-corrected chi connectivity index (χ0v) is 14.7. The second-order valence-electron chi connectivity index (χ2n) is 5.72. The molecule has 25 heavy (non-hydrogen) atoms. The number of benzene rings is 1. The van der Waals surface area contributed by atoms with Gasteiger partial charge in [0.2, 0.25) is 0 Å². The van der Waals surface area contributed by atoms with Crippen molar-refractivity contribution in [3.63, 3.8) is 0 Å². The molecule has 3 rings (SSSR count). The molecule has 0 amide bonds. The van der Waals surface area contributed by atoms with Crippen molar-refractivity contribution in [3.05, 3.63) is 70.5 Å². The van der Waals surface area contributed by atoms with Gasteiger partial charge in [0.15, 0.2) is 0 Å². The van der Waals surface area contributed by atoms with Crippen LogP contribution in [-0.2, 0) is 11.2 Å². The molecule has 0 saturated carbocycles. The molecule has 1 aromatic heterocycles. The molecule has 0 spiro atoms. The number of hydrogen-bond donors (Lipinski definition) is 1. The molecule has 2 heterocycles. The number of nitrogens with zero attached hydrogens (tertiary/aromatic N) is 2. The Morgan fingerprint density at radius 3 is 2.56 bits per heavy atom. The van der Waals surface area contributed by atoms with E-state index in [1.165, 1.54) is 5.56 Å². The van der Waals surface area contributed by atoms with Crippen molar-refractivity contribution in [2.75, 3.05) is 31.2 Å². The lowest BCUT2D eigenvalue weighted by molar-refractivity contribution is 0.122. The summed E-state index contributed by atoms with van der Waals surface area (Å²) >= 11 is 6.17. The average Bonchev–Trinajstić information content (AvgIpc) is 2.66. The van der Waals surface area contributed by atoms with Crippen LogP contribution in [0.3, 0.4) is 0 Å². The lowest BCUT2D eigenvalue weighted by Crippen LogP contribution is -2.36. The predicted octanol–water partition coefficient (Wildman–Crippen LogP) is 2.99. The van der Waals surface area contributed by atoms with Gasteiger partial charge in [-0.15, -0.1) is 0 Å². The molecule has 2 N–H and O–H groups in total. The van der Waals surface area contributed by atoms with Gasteiger partial charge in [-0.3, -0.25) is 0 Å². The topological polar surface area (TPSA) is 51.4 Å². The van der Waals surface area contributed by atoms with Crippen LogP contribution < -0.4 is 10.6 Å². The van der Waals surface area contributed by atoms with E-state index in [0.717, 1.165) is 36.5 Å². The first-order valence-electron chi connectivity index (χ1n) is 8.22. The molecule has 1 aliphatic heterocycles. The maximum Gasteiger partial charge on any atom is 0.132 e. The summed E-state index contributed by atoms with van der Waals surface area (Å²) in [5.74, 6) is 7.21. The Hall–Kier alpha value is -2.48. The van der Waals surface area contributed by atoms with Crippen LogP contribution in [0.15, 0.2) is 48.7 Å². The quantitative estimate of drug-likeness (QED) is 0.680. The minimum atomic E-state index is 0.456. The second kappa shape index (κ2) is 8.57. The van der Waals surface area contributed by atoms with Gasteiger partial charge < -0.3 is 15.4 Å². The molecular weight excluding hydrogens is 334 g/mol. The molecule has 0 unspecified atom stereocenters. The second-order valence-corrected chi connectivity index (χ2v) is 6.10. The van der Waals surface area contributed by atoms with Gasteiger partial charge >= 0.3 is 0 Å². The van der Waals surface area contributed by atoms with E-state index < -0.39 is 0 Å². The van der Waals surface area contributed by atoms with Crippen molar-refractivity contribution < 1.29 is 4.74 Å². The van der Waals surface area contributed by atoms with E-state index in [-0.39, 0.29) is 0 Å². The third-order valence-corrected chi connectivity index (χ3v) is 4.10. The van der Waals surface area contributed by atoms with Crippen LogP contribution in [0.4, 0.5) is 5.82 Å². The highest BCUT2D eigenvalue weighted by atomic mass is 35.5. The summed E-state index contributed by atoms with van der Waals surface area (Å²) in [6.45, 7) is 3.06. The number of pyridine rings is 1. The summed E-state index contributed by atoms with van der Waals surface area (Å²) in [7, 11) is 0. The van der Waals surface area contributed by atoms with Gasteiger partial charge in [-0.25, -0.2) is 4.98 Å².